The Labute approximate surface area is 141 Å². The minimum Gasteiger partial charge on any atom is -0.361 e. The minimum atomic E-state index is -0.00925. The molecule has 0 unspecified atom stereocenters. The zero-order valence-corrected chi connectivity index (χ0v) is 13.8. The Hall–Kier alpha value is -3.14. The lowest BCUT2D eigenvalue weighted by Crippen LogP contribution is -2.08. The molecule has 0 saturated heterocycles. The third-order valence-corrected chi connectivity index (χ3v) is 3.70. The van der Waals surface area contributed by atoms with Crippen molar-refractivity contribution < 1.29 is 4.79 Å². The molecule has 4 heteroatoms. The average molecular weight is 317 g/mol. The Balaban J connectivity index is 1.74. The average Bonchev–Trinajstić information content (AvgIpc) is 3.11. The smallest absolute Gasteiger partial charge is 0.185 e. The summed E-state index contributed by atoms with van der Waals surface area (Å²) in [5.74, 6) is 0.881. The number of carbonyl (C=O) groups is 1. The van der Waals surface area contributed by atoms with E-state index in [1.54, 1.807) is 12.4 Å². The summed E-state index contributed by atoms with van der Waals surface area (Å²) >= 11 is 0. The summed E-state index contributed by atoms with van der Waals surface area (Å²) in [5.41, 5.74) is 2.65. The van der Waals surface area contributed by atoms with Gasteiger partial charge >= 0.3 is 0 Å². The molecule has 0 atom stereocenters. The van der Waals surface area contributed by atoms with E-state index in [9.17, 15) is 4.79 Å². The topological polar surface area (TPSA) is 38.1 Å². The fourth-order valence-electron chi connectivity index (χ4n) is 2.31. The number of allylic oxidation sites excluding steroid dienone is 1. The zero-order valence-electron chi connectivity index (χ0n) is 13.8. The van der Waals surface area contributed by atoms with E-state index in [-0.39, 0.29) is 5.78 Å². The van der Waals surface area contributed by atoms with Crippen LogP contribution in [0.2, 0.25) is 0 Å². The molecule has 0 fully saturated rings. The Morgan fingerprint density at radius 2 is 1.75 bits per heavy atom. The lowest BCUT2D eigenvalue weighted by Gasteiger charge is -2.06. The second kappa shape index (κ2) is 6.96. The van der Waals surface area contributed by atoms with E-state index in [1.807, 2.05) is 90.4 Å². The maximum absolute atomic E-state index is 12.2. The highest BCUT2D eigenvalue weighted by atomic mass is 16.1. The van der Waals surface area contributed by atoms with Crippen molar-refractivity contribution in [1.82, 2.24) is 9.55 Å². The number of hydrogen-bond donors (Lipinski definition) is 0. The molecule has 0 aliphatic carbocycles. The summed E-state index contributed by atoms with van der Waals surface area (Å²) in [7, 11) is 3.90. The predicted molar refractivity (Wildman–Crippen MR) is 97.7 cm³/mol. The third kappa shape index (κ3) is 3.60. The van der Waals surface area contributed by atoms with E-state index >= 15 is 0 Å². The molecule has 0 bridgehead atoms. The Kier molecular flexibility index (Phi) is 4.57. The summed E-state index contributed by atoms with van der Waals surface area (Å²) in [6.07, 6.45) is 7.15. The molecule has 0 radical (unpaired) electrons. The van der Waals surface area contributed by atoms with Gasteiger partial charge in [-0.1, -0.05) is 36.4 Å². The zero-order chi connectivity index (χ0) is 16.9. The van der Waals surface area contributed by atoms with Gasteiger partial charge in [0, 0.05) is 25.3 Å². The van der Waals surface area contributed by atoms with Crippen LogP contribution in [0, 0.1) is 0 Å². The van der Waals surface area contributed by atoms with E-state index < -0.39 is 0 Å². The van der Waals surface area contributed by atoms with Gasteiger partial charge in [-0.05, 0) is 35.9 Å². The molecular formula is C20H19N3O. The monoisotopic (exact) mass is 317 g/mol. The van der Waals surface area contributed by atoms with Crippen LogP contribution >= 0.6 is 0 Å². The number of rotatable bonds is 5. The van der Waals surface area contributed by atoms with Gasteiger partial charge in [-0.2, -0.15) is 0 Å². The third-order valence-electron chi connectivity index (χ3n) is 3.70. The van der Waals surface area contributed by atoms with Crippen molar-refractivity contribution in [3.63, 3.8) is 0 Å². The summed E-state index contributed by atoms with van der Waals surface area (Å²) in [4.78, 5) is 18.5. The summed E-state index contributed by atoms with van der Waals surface area (Å²) < 4.78 is 1.93. The number of nitrogens with zero attached hydrogens (tertiary/aromatic N) is 3. The van der Waals surface area contributed by atoms with Gasteiger partial charge in [0.15, 0.2) is 5.78 Å². The van der Waals surface area contributed by atoms with Crippen LogP contribution in [0.25, 0.3) is 11.8 Å². The molecular weight excluding hydrogens is 298 g/mol. The van der Waals surface area contributed by atoms with E-state index in [1.165, 1.54) is 0 Å². The highest BCUT2D eigenvalue weighted by molar-refractivity contribution is 6.06. The molecule has 0 aliphatic heterocycles. The molecule has 0 amide bonds. The van der Waals surface area contributed by atoms with Crippen molar-refractivity contribution in [1.29, 1.82) is 0 Å². The molecule has 0 spiro atoms. The van der Waals surface area contributed by atoms with Crippen molar-refractivity contribution in [3.8, 4) is 5.69 Å². The van der Waals surface area contributed by atoms with Gasteiger partial charge in [0.05, 0.1) is 6.20 Å². The standard InChI is InChI=1S/C20H19N3O/c1-22(2)20-14-23(15-21-20)18-11-9-17(10-12-18)19(24)13-8-16-6-4-3-5-7-16/h3-15H,1-2H3. The Morgan fingerprint density at radius 3 is 2.38 bits per heavy atom. The SMILES string of the molecule is CN(C)c1cn(-c2ccc(C(=O)C=Cc3ccccc3)cc2)cn1. The van der Waals surface area contributed by atoms with Gasteiger partial charge < -0.3 is 9.47 Å². The number of hydrogen-bond acceptors (Lipinski definition) is 3. The fourth-order valence-corrected chi connectivity index (χ4v) is 2.31. The number of carbonyl (C=O) groups excluding carboxylic acids is 1. The van der Waals surface area contributed by atoms with Crippen LogP contribution in [-0.2, 0) is 0 Å². The largest absolute Gasteiger partial charge is 0.361 e. The predicted octanol–water partition coefficient (Wildman–Crippen LogP) is 3.83. The normalized spacial score (nSPS) is 10.9. The van der Waals surface area contributed by atoms with Crippen LogP contribution in [0.4, 0.5) is 5.82 Å². The van der Waals surface area contributed by atoms with E-state index in [4.69, 9.17) is 0 Å². The second-order valence-electron chi connectivity index (χ2n) is 5.69. The van der Waals surface area contributed by atoms with Gasteiger partial charge in [0.2, 0.25) is 0 Å². The van der Waals surface area contributed by atoms with Crippen molar-refractivity contribution in [2.24, 2.45) is 0 Å². The summed E-state index contributed by atoms with van der Waals surface area (Å²) in [5, 5.41) is 0. The van der Waals surface area contributed by atoms with Crippen molar-refractivity contribution >= 4 is 17.7 Å². The molecule has 3 aromatic rings. The highest BCUT2D eigenvalue weighted by Crippen LogP contribution is 2.15. The van der Waals surface area contributed by atoms with Crippen molar-refractivity contribution in [2.75, 3.05) is 19.0 Å². The molecule has 0 saturated carbocycles. The summed E-state index contributed by atoms with van der Waals surface area (Å²) in [6, 6.07) is 17.3. The number of ketones is 1. The number of aromatic nitrogens is 2. The first-order chi connectivity index (χ1) is 11.6. The van der Waals surface area contributed by atoms with Gasteiger partial charge in [0.25, 0.3) is 0 Å². The first-order valence-corrected chi connectivity index (χ1v) is 7.73. The van der Waals surface area contributed by atoms with Crippen LogP contribution in [0.5, 0.6) is 0 Å². The number of imidazole rings is 1. The lowest BCUT2D eigenvalue weighted by atomic mass is 10.1. The maximum Gasteiger partial charge on any atom is 0.185 e. The van der Waals surface area contributed by atoms with Crippen LogP contribution in [0.3, 0.4) is 0 Å². The molecule has 1 aromatic heterocycles. The fraction of sp³-hybridized carbons (Fsp3) is 0.100. The molecule has 4 nitrogen and oxygen atoms in total. The van der Waals surface area contributed by atoms with Crippen LogP contribution in [0.15, 0.2) is 73.2 Å². The van der Waals surface area contributed by atoms with Gasteiger partial charge in [-0.25, -0.2) is 4.98 Å². The van der Waals surface area contributed by atoms with E-state index in [2.05, 4.69) is 4.98 Å². The Morgan fingerprint density at radius 1 is 1.04 bits per heavy atom. The van der Waals surface area contributed by atoms with Crippen LogP contribution in [0.1, 0.15) is 15.9 Å². The molecule has 120 valence electrons. The first kappa shape index (κ1) is 15.7. The van der Waals surface area contributed by atoms with E-state index in [0.29, 0.717) is 5.56 Å². The van der Waals surface area contributed by atoms with Crippen LogP contribution < -0.4 is 4.90 Å². The Bertz CT molecular complexity index is 846. The second-order valence-corrected chi connectivity index (χ2v) is 5.69. The van der Waals surface area contributed by atoms with Gasteiger partial charge in [-0.3, -0.25) is 4.79 Å². The van der Waals surface area contributed by atoms with Gasteiger partial charge in [0.1, 0.15) is 12.1 Å². The quantitative estimate of drug-likeness (QED) is 0.530. The van der Waals surface area contributed by atoms with Gasteiger partial charge in [-0.15, -0.1) is 0 Å². The molecule has 0 N–H and O–H groups in total. The maximum atomic E-state index is 12.2. The first-order valence-electron chi connectivity index (χ1n) is 7.73. The van der Waals surface area contributed by atoms with E-state index in [0.717, 1.165) is 17.1 Å². The molecule has 24 heavy (non-hydrogen) atoms. The van der Waals surface area contributed by atoms with Crippen molar-refractivity contribution in [3.05, 3.63) is 84.3 Å². The molecule has 3 rings (SSSR count). The molecule has 0 aliphatic rings. The number of benzene rings is 2. The molecule has 2 aromatic carbocycles. The van der Waals surface area contributed by atoms with Crippen molar-refractivity contribution in [2.45, 2.75) is 0 Å². The highest BCUT2D eigenvalue weighted by Gasteiger charge is 2.05. The minimum absolute atomic E-state index is 0.00925. The number of anilines is 1. The lowest BCUT2D eigenvalue weighted by molar-refractivity contribution is 0.104. The molecule has 1 heterocycles. The van der Waals surface area contributed by atoms with Crippen LogP contribution in [-0.4, -0.2) is 29.4 Å². The summed E-state index contributed by atoms with van der Waals surface area (Å²) in [6.45, 7) is 0.